The molecular formula is C93H108N2O9PS2-3. The van der Waals surface area contributed by atoms with Crippen molar-refractivity contribution in [1.29, 1.82) is 5.26 Å². The minimum atomic E-state index is -3.98. The van der Waals surface area contributed by atoms with Gasteiger partial charge in [-0.1, -0.05) is 203 Å². The first-order valence-electron chi connectivity index (χ1n) is 38.9. The van der Waals surface area contributed by atoms with Crippen LogP contribution in [0, 0.1) is 70.1 Å². The zero-order valence-electron chi connectivity index (χ0n) is 63.8. The van der Waals surface area contributed by atoms with Crippen molar-refractivity contribution in [2.45, 2.75) is 236 Å². The molecule has 0 saturated heterocycles. The molecule has 6 aliphatic rings. The number of nitrogens with zero attached hydrogens (tertiary/aromatic N) is 2. The molecule has 5 fully saturated rings. The third-order valence-corrected chi connectivity index (χ3v) is 27.7. The minimum absolute atomic E-state index is 0. The molecule has 0 amide bonds. The quantitative estimate of drug-likeness (QED) is 0.0344. The van der Waals surface area contributed by atoms with Crippen molar-refractivity contribution in [1.82, 2.24) is 0 Å². The second kappa shape index (κ2) is 34.1. The number of hydrogen-bond donors (Lipinski definition) is 6. The van der Waals surface area contributed by atoms with E-state index in [9.17, 15) is 44.3 Å². The van der Waals surface area contributed by atoms with Crippen molar-refractivity contribution in [2.75, 3.05) is 0 Å². The van der Waals surface area contributed by atoms with Crippen LogP contribution >= 0.6 is 21.7 Å². The normalized spacial score (nSPS) is 19.3. The van der Waals surface area contributed by atoms with E-state index in [2.05, 4.69) is 97.9 Å². The second-order valence-corrected chi connectivity index (χ2v) is 34.9. The molecule has 1 aliphatic heterocycles. The number of rotatable bonds is 14. The molecule has 0 atom stereocenters. The van der Waals surface area contributed by atoms with Crippen molar-refractivity contribution in [2.24, 2.45) is 22.4 Å². The van der Waals surface area contributed by atoms with E-state index in [4.69, 9.17) is 4.28 Å². The second-order valence-electron chi connectivity index (χ2n) is 32.3. The monoisotopic (exact) mass is 1490 g/mol. The summed E-state index contributed by atoms with van der Waals surface area (Å²) >= 11 is 1.19. The van der Waals surface area contributed by atoms with Crippen LogP contribution < -0.4 is 0 Å². The summed E-state index contributed by atoms with van der Waals surface area (Å²) in [7, 11) is -3.98. The van der Waals surface area contributed by atoms with Gasteiger partial charge in [-0.05, 0) is 299 Å². The zero-order valence-corrected chi connectivity index (χ0v) is 66.3. The van der Waals surface area contributed by atoms with Gasteiger partial charge in [-0.3, -0.25) is 4.28 Å². The molecule has 0 bridgehead atoms. The molecule has 0 spiro atoms. The largest absolute Gasteiger partial charge is 3.00 e. The zero-order chi connectivity index (χ0) is 75.1. The maximum absolute atomic E-state index is 12.2. The first kappa shape index (κ1) is 79.8. The topological polar surface area (TPSA) is 201 Å². The fourth-order valence-electron chi connectivity index (χ4n) is 18.9. The number of nitriles is 1. The van der Waals surface area contributed by atoms with Gasteiger partial charge in [0.15, 0.2) is 0 Å². The number of thioether (sulfide) groups is 1. The number of phenolic OH excluding ortho intramolecular Hbond substituents is 6. The molecule has 11 nitrogen and oxygen atoms in total. The molecular weight excluding hydrogens is 1380 g/mol. The van der Waals surface area contributed by atoms with Gasteiger partial charge in [0.2, 0.25) is 0 Å². The Hall–Kier alpha value is -8.27. The smallest absolute Gasteiger partial charge is 0.358 e. The van der Waals surface area contributed by atoms with Gasteiger partial charge >= 0.3 is 10.1 Å². The summed E-state index contributed by atoms with van der Waals surface area (Å²) in [4.78, 5) is 0.736. The number of hydrogen-bond acceptors (Lipinski definition) is 12. The lowest BCUT2D eigenvalue weighted by Crippen LogP contribution is -2.43. The van der Waals surface area contributed by atoms with Gasteiger partial charge in [0.25, 0.3) is 0 Å². The Balaban J connectivity index is 0.000000167. The molecule has 0 unspecified atom stereocenters. The molecule has 8 aromatic rings. The predicted molar refractivity (Wildman–Crippen MR) is 437 cm³/mol. The SMILES string of the molecule is Cc1cc(C2(c3ccc(O)c(C)c3)CCC(C(C)(C)C3CCC(c4ccc(O)c(C)c4)(c4ccc(O)c(C)c4)CC3)CC2)ccc1O.Cc1ccc(S(=O)(=O)O/N=C2C=C/C(=C(\C#N)c3ccccc3C)S\2)cc1.Oc1ccc(C2(c3ccc(O)c(C4CCCCC4)c3)CCCCC2)cc1C1CCCCC1.[P-3]. The van der Waals surface area contributed by atoms with Crippen molar-refractivity contribution in [3.05, 3.63) is 258 Å². The number of allylic oxidation sites excluding steroid dienone is 2. The molecule has 5 aliphatic carbocycles. The predicted octanol–water partition coefficient (Wildman–Crippen LogP) is 24.3. The lowest BCUT2D eigenvalue weighted by molar-refractivity contribution is 0.0364. The third kappa shape index (κ3) is 17.3. The van der Waals surface area contributed by atoms with Gasteiger partial charge in [-0.25, -0.2) is 0 Å². The lowest BCUT2D eigenvalue weighted by atomic mass is 9.53. The number of aromatic hydroxyl groups is 6. The van der Waals surface area contributed by atoms with Gasteiger partial charge in [-0.15, -0.1) is 0 Å². The van der Waals surface area contributed by atoms with E-state index in [1.807, 2.05) is 102 Å². The third-order valence-electron chi connectivity index (χ3n) is 25.6. The van der Waals surface area contributed by atoms with Crippen LogP contribution in [-0.2, 0) is 30.6 Å². The highest BCUT2D eigenvalue weighted by Gasteiger charge is 2.49. The first-order chi connectivity index (χ1) is 50.8. The van der Waals surface area contributed by atoms with Gasteiger partial charge in [0.1, 0.15) is 50.5 Å². The summed E-state index contributed by atoms with van der Waals surface area (Å²) < 4.78 is 29.2. The summed E-state index contributed by atoms with van der Waals surface area (Å²) in [5, 5.41) is 76.6. The van der Waals surface area contributed by atoms with E-state index < -0.39 is 10.1 Å². The average molecular weight is 1490 g/mol. The molecule has 0 aromatic heterocycles. The van der Waals surface area contributed by atoms with Gasteiger partial charge in [-0.2, -0.15) is 13.7 Å². The molecule has 5 saturated carbocycles. The van der Waals surface area contributed by atoms with Gasteiger partial charge in [0.05, 0.1) is 5.57 Å². The Morgan fingerprint density at radius 1 is 0.449 bits per heavy atom. The van der Waals surface area contributed by atoms with Gasteiger partial charge < -0.3 is 40.5 Å². The molecule has 8 aromatic carbocycles. The maximum atomic E-state index is 12.2. The highest BCUT2D eigenvalue weighted by atomic mass is 32.2. The Bertz CT molecular complexity index is 4420. The summed E-state index contributed by atoms with van der Waals surface area (Å²) in [6.45, 7) is 16.7. The van der Waals surface area contributed by atoms with Crippen LogP contribution in [-0.4, -0.2) is 44.1 Å². The lowest BCUT2D eigenvalue weighted by Gasteiger charge is -3.00. The maximum Gasteiger partial charge on any atom is 0.358 e. The molecule has 1 heterocycles. The Morgan fingerprint density at radius 2 is 0.813 bits per heavy atom. The van der Waals surface area contributed by atoms with Crippen LogP contribution in [0.4, 0.5) is 0 Å². The standard InChI is InChI=1S/C43H52O4.C30H40O2.C20H16N2O3S2.P/c1-27-23-33(7-11-37(27)44)42(34-8-12-38(45)28(2)24-34)19-15-31(16-20-42)41(5,6)32-17-21-43(22-18-32,35-9-13-39(46)29(3)25-35)36-10-14-40(47)30(4)26-36;31-28-16-14-24(20-26(28)22-10-4-1-5-11-22)30(18-8-3-9-19-30)25-15-17-29(32)27(21-25)23-12-6-2-7-13-23;1-14-7-9-16(10-8-14)27(23,24)25-22-20-12-11-19(26-20)18(13-21)17-6-4-3-5-15(17)2;/h7-14,23-26,31-32,44-47H,15-22H2,1-6H3;14-17,20-23,31-32H,1-13,18-19H2;3-12H,1-2H3;/q;;;-3/b;;19-18-,22-20+;. The van der Waals surface area contributed by atoms with Crippen molar-refractivity contribution >= 4 is 42.4 Å². The fourth-order valence-corrected chi connectivity index (χ4v) is 20.5. The van der Waals surface area contributed by atoms with Gasteiger partial charge in [0, 0.05) is 21.2 Å². The Labute approximate surface area is 644 Å². The van der Waals surface area contributed by atoms with Crippen molar-refractivity contribution in [3.8, 4) is 40.6 Å². The molecule has 107 heavy (non-hydrogen) atoms. The Kier molecular flexibility index (Phi) is 25.4. The van der Waals surface area contributed by atoms with E-state index in [0.717, 1.165) is 103 Å². The molecule has 14 heteroatoms. The summed E-state index contributed by atoms with van der Waals surface area (Å²) in [6.07, 6.45) is 30.7. The average Bonchev–Trinajstić information content (AvgIpc) is 0.975. The number of oxime groups is 1. The minimum Gasteiger partial charge on any atom is -3.00 e. The molecule has 14 rings (SSSR count). The molecule has 564 valence electrons. The van der Waals surface area contributed by atoms with E-state index in [0.29, 0.717) is 73.7 Å². The fraction of sp³-hybridized carbons (Fsp3) is 0.419. The van der Waals surface area contributed by atoms with Crippen molar-refractivity contribution < 1.29 is 43.3 Å². The van der Waals surface area contributed by atoms with Crippen LogP contribution in [0.2, 0.25) is 0 Å². The summed E-state index contributed by atoms with van der Waals surface area (Å²) in [5.41, 5.74) is 16.9. The molecule has 0 radical (unpaired) electrons. The van der Waals surface area contributed by atoms with Crippen LogP contribution in [0.5, 0.6) is 34.5 Å². The van der Waals surface area contributed by atoms with Crippen LogP contribution in [0.3, 0.4) is 0 Å². The highest BCUT2D eigenvalue weighted by Crippen LogP contribution is 2.58. The molecule has 6 N–H and O–H groups in total. The highest BCUT2D eigenvalue weighted by molar-refractivity contribution is 8.18. The number of benzene rings is 8. The van der Waals surface area contributed by atoms with Crippen LogP contribution in [0.25, 0.3) is 5.57 Å². The van der Waals surface area contributed by atoms with Crippen LogP contribution in [0.1, 0.15) is 257 Å². The van der Waals surface area contributed by atoms with E-state index in [1.54, 1.807) is 24.3 Å². The van der Waals surface area contributed by atoms with E-state index >= 15 is 0 Å². The number of aryl methyl sites for hydroxylation is 6. The van der Waals surface area contributed by atoms with Crippen molar-refractivity contribution in [3.63, 3.8) is 0 Å². The number of phenols is 6. The summed E-state index contributed by atoms with van der Waals surface area (Å²) in [6, 6.07) is 53.6. The summed E-state index contributed by atoms with van der Waals surface area (Å²) in [5.74, 6) is 4.49. The van der Waals surface area contributed by atoms with E-state index in [-0.39, 0.29) is 36.5 Å². The van der Waals surface area contributed by atoms with E-state index in [1.165, 1.54) is 152 Å². The van der Waals surface area contributed by atoms with Crippen LogP contribution in [0.15, 0.2) is 185 Å². The first-order valence-corrected chi connectivity index (χ1v) is 41.1. The Morgan fingerprint density at radius 3 is 1.20 bits per heavy atom.